The molecule has 0 aromatic carbocycles. The Morgan fingerprint density at radius 2 is 1.81 bits per heavy atom. The normalized spacial score (nSPS) is 25.2. The molecule has 2 aliphatic heterocycles. The fourth-order valence-corrected chi connectivity index (χ4v) is 4.38. The van der Waals surface area contributed by atoms with Crippen LogP contribution < -0.4 is 0 Å². The number of piperidine rings is 1. The van der Waals surface area contributed by atoms with Crippen molar-refractivity contribution in [2.75, 3.05) is 39.4 Å². The third kappa shape index (κ3) is 4.47. The molecule has 4 rings (SSSR count). The van der Waals surface area contributed by atoms with Crippen molar-refractivity contribution in [2.45, 2.75) is 25.9 Å². The molecule has 2 aliphatic rings. The van der Waals surface area contributed by atoms with Gasteiger partial charge in [0.2, 0.25) is 0 Å². The van der Waals surface area contributed by atoms with Crippen LogP contribution in [0.3, 0.4) is 0 Å². The zero-order chi connectivity index (χ0) is 17.7. The number of ether oxygens (including phenoxy) is 1. The Hall–Kier alpha value is -1.82. The van der Waals surface area contributed by atoms with Gasteiger partial charge in [0.15, 0.2) is 0 Å². The van der Waals surface area contributed by atoms with E-state index in [4.69, 9.17) is 4.74 Å². The molecule has 5 nitrogen and oxygen atoms in total. The third-order valence-corrected chi connectivity index (χ3v) is 5.53. The second kappa shape index (κ2) is 8.25. The molecule has 0 bridgehead atoms. The van der Waals surface area contributed by atoms with Crippen LogP contribution in [-0.2, 0) is 17.8 Å². The summed E-state index contributed by atoms with van der Waals surface area (Å²) in [6.07, 6.45) is 8.15. The van der Waals surface area contributed by atoms with Gasteiger partial charge in [-0.15, -0.1) is 0 Å². The van der Waals surface area contributed by atoms with Gasteiger partial charge in [-0.3, -0.25) is 19.8 Å². The lowest BCUT2D eigenvalue weighted by molar-refractivity contribution is 0.00241. The van der Waals surface area contributed by atoms with E-state index in [0.29, 0.717) is 0 Å². The Labute approximate surface area is 156 Å². The van der Waals surface area contributed by atoms with Crippen LogP contribution in [0.25, 0.3) is 0 Å². The maximum atomic E-state index is 6.06. The van der Waals surface area contributed by atoms with Gasteiger partial charge in [0, 0.05) is 56.7 Å². The molecule has 0 amide bonds. The lowest BCUT2D eigenvalue weighted by Gasteiger charge is -2.43. The zero-order valence-corrected chi connectivity index (χ0v) is 15.4. The van der Waals surface area contributed by atoms with E-state index in [1.165, 1.54) is 24.9 Å². The van der Waals surface area contributed by atoms with Crippen molar-refractivity contribution in [3.63, 3.8) is 0 Å². The molecule has 1 spiro atoms. The maximum Gasteiger partial charge on any atom is 0.0593 e. The van der Waals surface area contributed by atoms with Gasteiger partial charge in [-0.25, -0.2) is 0 Å². The molecule has 2 fully saturated rings. The van der Waals surface area contributed by atoms with Crippen LogP contribution in [0.2, 0.25) is 0 Å². The van der Waals surface area contributed by atoms with Crippen molar-refractivity contribution in [3.05, 3.63) is 60.2 Å². The summed E-state index contributed by atoms with van der Waals surface area (Å²) in [4.78, 5) is 13.8. The first-order chi connectivity index (χ1) is 12.8. The van der Waals surface area contributed by atoms with Gasteiger partial charge in [0.25, 0.3) is 0 Å². The summed E-state index contributed by atoms with van der Waals surface area (Å²) >= 11 is 0. The molecule has 4 heterocycles. The van der Waals surface area contributed by atoms with Crippen LogP contribution >= 0.6 is 0 Å². The highest BCUT2D eigenvalue weighted by molar-refractivity contribution is 5.10. The van der Waals surface area contributed by atoms with Gasteiger partial charge in [0.05, 0.1) is 18.9 Å². The molecule has 0 radical (unpaired) electrons. The molecule has 0 aliphatic carbocycles. The monoisotopic (exact) mass is 352 g/mol. The standard InChI is InChI=1S/C21H28N4O/c1-2-8-23-20(4-1)15-25-12-13-26-18-21(17-25)7-3-11-24(16-21)14-19-5-9-22-10-6-19/h1-2,4-6,8-10H,3,7,11-18H2. The van der Waals surface area contributed by atoms with Crippen LogP contribution in [0.15, 0.2) is 48.9 Å². The van der Waals surface area contributed by atoms with E-state index in [9.17, 15) is 0 Å². The van der Waals surface area contributed by atoms with E-state index in [-0.39, 0.29) is 5.41 Å². The Morgan fingerprint density at radius 1 is 0.962 bits per heavy atom. The topological polar surface area (TPSA) is 41.5 Å². The van der Waals surface area contributed by atoms with Crippen LogP contribution in [0, 0.1) is 5.41 Å². The summed E-state index contributed by atoms with van der Waals surface area (Å²) in [5.41, 5.74) is 2.72. The minimum Gasteiger partial charge on any atom is -0.379 e. The average Bonchev–Trinajstić information content (AvgIpc) is 2.85. The molecule has 2 saturated heterocycles. The molecule has 2 aromatic heterocycles. The van der Waals surface area contributed by atoms with Gasteiger partial charge in [-0.2, -0.15) is 0 Å². The smallest absolute Gasteiger partial charge is 0.0593 e. The molecule has 2 aromatic rings. The lowest BCUT2D eigenvalue weighted by Crippen LogP contribution is -2.50. The van der Waals surface area contributed by atoms with Gasteiger partial charge >= 0.3 is 0 Å². The van der Waals surface area contributed by atoms with Gasteiger partial charge in [0.1, 0.15) is 0 Å². The first-order valence-corrected chi connectivity index (χ1v) is 9.63. The molecular weight excluding hydrogens is 324 g/mol. The Kier molecular flexibility index (Phi) is 5.58. The number of hydrogen-bond donors (Lipinski definition) is 0. The van der Waals surface area contributed by atoms with Crippen LogP contribution in [0.4, 0.5) is 0 Å². The quantitative estimate of drug-likeness (QED) is 0.846. The highest BCUT2D eigenvalue weighted by Crippen LogP contribution is 2.34. The van der Waals surface area contributed by atoms with Gasteiger partial charge < -0.3 is 4.74 Å². The van der Waals surface area contributed by atoms with E-state index >= 15 is 0 Å². The van der Waals surface area contributed by atoms with Crippen LogP contribution in [0.1, 0.15) is 24.1 Å². The summed E-state index contributed by atoms with van der Waals surface area (Å²) in [5.74, 6) is 0. The Morgan fingerprint density at radius 3 is 2.62 bits per heavy atom. The summed E-state index contributed by atoms with van der Waals surface area (Å²) < 4.78 is 6.06. The zero-order valence-electron chi connectivity index (χ0n) is 15.4. The second-order valence-corrected chi connectivity index (χ2v) is 7.75. The molecule has 1 unspecified atom stereocenters. The van der Waals surface area contributed by atoms with Crippen molar-refractivity contribution < 1.29 is 4.74 Å². The largest absolute Gasteiger partial charge is 0.379 e. The van der Waals surface area contributed by atoms with Crippen molar-refractivity contribution in [1.29, 1.82) is 0 Å². The third-order valence-electron chi connectivity index (χ3n) is 5.53. The van der Waals surface area contributed by atoms with Gasteiger partial charge in [-0.1, -0.05) is 6.07 Å². The Bertz CT molecular complexity index is 681. The van der Waals surface area contributed by atoms with Crippen molar-refractivity contribution >= 4 is 0 Å². The van der Waals surface area contributed by atoms with Gasteiger partial charge in [-0.05, 0) is 49.2 Å². The van der Waals surface area contributed by atoms with Crippen LogP contribution in [0.5, 0.6) is 0 Å². The van der Waals surface area contributed by atoms with E-state index in [1.54, 1.807) is 0 Å². The summed E-state index contributed by atoms with van der Waals surface area (Å²) in [6, 6.07) is 10.4. The maximum absolute atomic E-state index is 6.06. The molecule has 26 heavy (non-hydrogen) atoms. The minimum atomic E-state index is 0.233. The minimum absolute atomic E-state index is 0.233. The highest BCUT2D eigenvalue weighted by Gasteiger charge is 2.38. The molecule has 138 valence electrons. The summed E-state index contributed by atoms with van der Waals surface area (Å²) in [5, 5.41) is 0. The molecule has 0 saturated carbocycles. The number of nitrogens with zero attached hydrogens (tertiary/aromatic N) is 4. The lowest BCUT2D eigenvalue weighted by atomic mass is 9.80. The Balaban J connectivity index is 1.43. The predicted molar refractivity (Wildman–Crippen MR) is 102 cm³/mol. The number of hydrogen-bond acceptors (Lipinski definition) is 5. The van der Waals surface area contributed by atoms with E-state index in [0.717, 1.165) is 51.6 Å². The van der Waals surface area contributed by atoms with Crippen molar-refractivity contribution in [3.8, 4) is 0 Å². The van der Waals surface area contributed by atoms with Crippen molar-refractivity contribution in [1.82, 2.24) is 19.8 Å². The second-order valence-electron chi connectivity index (χ2n) is 7.75. The highest BCUT2D eigenvalue weighted by atomic mass is 16.5. The molecule has 5 heteroatoms. The number of pyridine rings is 2. The van der Waals surface area contributed by atoms with Crippen molar-refractivity contribution in [2.24, 2.45) is 5.41 Å². The number of aromatic nitrogens is 2. The molecular formula is C21H28N4O. The SMILES string of the molecule is c1ccc(CN2CCOCC3(CCCN(Cc4ccncc4)C3)C2)nc1. The van der Waals surface area contributed by atoms with E-state index in [1.807, 2.05) is 24.7 Å². The first-order valence-electron chi connectivity index (χ1n) is 9.63. The predicted octanol–water partition coefficient (Wildman–Crippen LogP) is 2.59. The van der Waals surface area contributed by atoms with Crippen LogP contribution in [-0.4, -0.2) is 59.2 Å². The average molecular weight is 352 g/mol. The number of rotatable bonds is 4. The van der Waals surface area contributed by atoms with E-state index in [2.05, 4.69) is 44.0 Å². The molecule has 1 atom stereocenters. The summed E-state index contributed by atoms with van der Waals surface area (Å²) in [7, 11) is 0. The molecule has 0 N–H and O–H groups in total. The van der Waals surface area contributed by atoms with E-state index < -0.39 is 0 Å². The first kappa shape index (κ1) is 17.6. The number of likely N-dealkylation sites (tertiary alicyclic amines) is 1. The fraction of sp³-hybridized carbons (Fsp3) is 0.524. The fourth-order valence-electron chi connectivity index (χ4n) is 4.38. The summed E-state index contributed by atoms with van der Waals surface area (Å²) in [6.45, 7) is 7.97.